The monoisotopic (exact) mass is 292 g/mol. The van der Waals surface area contributed by atoms with E-state index in [-0.39, 0.29) is 0 Å². The largest absolute Gasteiger partial charge is 0.370 e. The van der Waals surface area contributed by atoms with Gasteiger partial charge in [-0.2, -0.15) is 0 Å². The first kappa shape index (κ1) is 15.6. The molecule has 0 heterocycles. The van der Waals surface area contributed by atoms with Gasteiger partial charge in [-0.15, -0.1) is 0 Å². The van der Waals surface area contributed by atoms with Crippen LogP contribution in [0.5, 0.6) is 0 Å². The molecule has 3 rings (SSSR count). The van der Waals surface area contributed by atoms with Crippen molar-refractivity contribution in [3.05, 3.63) is 40.5 Å². The molecule has 0 bridgehead atoms. The molecular weight excluding hydrogens is 265 g/mol. The van der Waals surface area contributed by atoms with Gasteiger partial charge in [-0.25, -0.2) is 0 Å². The number of hydrogen-bond donors (Lipinski definition) is 1. The van der Waals surface area contributed by atoms with Crippen molar-refractivity contribution in [1.82, 2.24) is 0 Å². The lowest BCUT2D eigenvalue weighted by Gasteiger charge is -2.16. The van der Waals surface area contributed by atoms with Gasteiger partial charge >= 0.3 is 0 Å². The highest BCUT2D eigenvalue weighted by atomic mass is 14.4. The minimum atomic E-state index is 0.726. The standard InChI is InChI=1S/C20H27BN/c1-4-6-16(15-7-8-15)12-19-14(5-2)11-17-9-13(3)10-18(17)20(19)21-22/h5,11-13,15H,2,4,6-10,22H2,1,3H3/b16-12+. The number of fused-ring (bicyclic) bond motifs is 1. The second-order valence-corrected chi connectivity index (χ2v) is 7.06. The number of nitrogens with two attached hydrogens (primary N) is 1. The van der Waals surface area contributed by atoms with Gasteiger partial charge in [0.15, 0.2) is 0 Å². The Bertz CT molecular complexity index is 611. The van der Waals surface area contributed by atoms with Gasteiger partial charge in [0, 0.05) is 0 Å². The third kappa shape index (κ3) is 2.94. The van der Waals surface area contributed by atoms with E-state index in [0.29, 0.717) is 0 Å². The Morgan fingerprint density at radius 1 is 1.41 bits per heavy atom. The van der Waals surface area contributed by atoms with Gasteiger partial charge in [0.2, 0.25) is 7.41 Å². The summed E-state index contributed by atoms with van der Waals surface area (Å²) in [6, 6.07) is 2.35. The van der Waals surface area contributed by atoms with Crippen LogP contribution in [0.15, 0.2) is 18.2 Å². The van der Waals surface area contributed by atoms with Crippen LogP contribution in [0.3, 0.4) is 0 Å². The fourth-order valence-corrected chi connectivity index (χ4v) is 3.91. The zero-order valence-corrected chi connectivity index (χ0v) is 14.0. The van der Waals surface area contributed by atoms with Gasteiger partial charge in [0.25, 0.3) is 0 Å². The number of hydrogen-bond acceptors (Lipinski definition) is 1. The second-order valence-electron chi connectivity index (χ2n) is 7.06. The topological polar surface area (TPSA) is 26.0 Å². The summed E-state index contributed by atoms with van der Waals surface area (Å²) in [6.07, 6.45) is 11.9. The molecule has 0 amide bonds. The molecule has 1 aromatic carbocycles. The van der Waals surface area contributed by atoms with Crippen LogP contribution in [0.2, 0.25) is 0 Å². The Hall–Kier alpha value is -1.28. The van der Waals surface area contributed by atoms with Crippen molar-refractivity contribution in [2.45, 2.75) is 52.4 Å². The first-order chi connectivity index (χ1) is 10.7. The Balaban J connectivity index is 2.11. The Kier molecular flexibility index (Phi) is 4.58. The SMILES string of the molecule is C=Cc1cc2c(c([B]N)c1/C=C(\CCC)C1CC1)CC(C)C2. The highest BCUT2D eigenvalue weighted by Gasteiger charge is 2.27. The molecule has 22 heavy (non-hydrogen) atoms. The molecule has 1 radical (unpaired) electrons. The minimum absolute atomic E-state index is 0.726. The molecule has 115 valence electrons. The fraction of sp³-hybridized carbons (Fsp3) is 0.500. The molecule has 1 aromatic rings. The van der Waals surface area contributed by atoms with Crippen LogP contribution in [-0.2, 0) is 12.8 Å². The maximum atomic E-state index is 6.05. The predicted molar refractivity (Wildman–Crippen MR) is 98.3 cm³/mol. The van der Waals surface area contributed by atoms with Crippen molar-refractivity contribution < 1.29 is 0 Å². The van der Waals surface area contributed by atoms with Gasteiger partial charge in [0.05, 0.1) is 0 Å². The highest BCUT2D eigenvalue weighted by Crippen LogP contribution is 2.40. The van der Waals surface area contributed by atoms with Gasteiger partial charge in [-0.3, -0.25) is 0 Å². The van der Waals surface area contributed by atoms with Crippen molar-refractivity contribution in [3.63, 3.8) is 0 Å². The summed E-state index contributed by atoms with van der Waals surface area (Å²) in [7, 11) is 1.83. The average molecular weight is 292 g/mol. The number of rotatable bonds is 6. The van der Waals surface area contributed by atoms with Crippen molar-refractivity contribution in [2.75, 3.05) is 0 Å². The van der Waals surface area contributed by atoms with Gasteiger partial charge < -0.3 is 5.64 Å². The molecule has 1 unspecified atom stereocenters. The smallest absolute Gasteiger partial charge is 0.242 e. The van der Waals surface area contributed by atoms with E-state index in [0.717, 1.165) is 18.3 Å². The molecule has 0 spiro atoms. The van der Waals surface area contributed by atoms with E-state index in [1.54, 1.807) is 5.57 Å². The van der Waals surface area contributed by atoms with Crippen LogP contribution in [0, 0.1) is 11.8 Å². The maximum absolute atomic E-state index is 6.05. The van der Waals surface area contributed by atoms with Crippen molar-refractivity contribution in [2.24, 2.45) is 17.5 Å². The van der Waals surface area contributed by atoms with Crippen LogP contribution in [-0.4, -0.2) is 7.41 Å². The number of benzene rings is 1. The van der Waals surface area contributed by atoms with Crippen LogP contribution < -0.4 is 11.1 Å². The minimum Gasteiger partial charge on any atom is -0.370 e. The van der Waals surface area contributed by atoms with Crippen molar-refractivity contribution >= 4 is 25.0 Å². The summed E-state index contributed by atoms with van der Waals surface area (Å²) in [5.74, 6) is 1.54. The van der Waals surface area contributed by atoms with Gasteiger partial charge in [-0.1, -0.05) is 56.1 Å². The zero-order valence-electron chi connectivity index (χ0n) is 14.0. The highest BCUT2D eigenvalue weighted by molar-refractivity contribution is 6.52. The summed E-state index contributed by atoms with van der Waals surface area (Å²) < 4.78 is 0. The predicted octanol–water partition coefficient (Wildman–Crippen LogP) is 3.86. The third-order valence-electron chi connectivity index (χ3n) is 5.12. The lowest BCUT2D eigenvalue weighted by Crippen LogP contribution is -2.30. The molecule has 2 N–H and O–H groups in total. The van der Waals surface area contributed by atoms with E-state index < -0.39 is 0 Å². The van der Waals surface area contributed by atoms with E-state index in [9.17, 15) is 0 Å². The van der Waals surface area contributed by atoms with Crippen LogP contribution in [0.25, 0.3) is 12.2 Å². The summed E-state index contributed by atoms with van der Waals surface area (Å²) in [5.41, 5.74) is 14.4. The molecule has 1 nitrogen and oxygen atoms in total. The zero-order chi connectivity index (χ0) is 15.7. The van der Waals surface area contributed by atoms with Crippen LogP contribution >= 0.6 is 0 Å². The molecule has 0 aliphatic heterocycles. The van der Waals surface area contributed by atoms with Gasteiger partial charge in [0.1, 0.15) is 0 Å². The summed E-state index contributed by atoms with van der Waals surface area (Å²) in [4.78, 5) is 0. The molecular formula is C20H27BN. The summed E-state index contributed by atoms with van der Waals surface area (Å²) >= 11 is 0. The molecule has 2 aliphatic rings. The molecule has 1 fully saturated rings. The molecule has 0 saturated heterocycles. The quantitative estimate of drug-likeness (QED) is 0.792. The fourth-order valence-electron chi connectivity index (χ4n) is 3.91. The Labute approximate surface area is 135 Å². The molecule has 1 atom stereocenters. The van der Waals surface area contributed by atoms with E-state index in [4.69, 9.17) is 5.64 Å². The average Bonchev–Trinajstić information content (AvgIpc) is 3.28. The third-order valence-corrected chi connectivity index (χ3v) is 5.12. The van der Waals surface area contributed by atoms with Crippen molar-refractivity contribution in [3.8, 4) is 0 Å². The first-order valence-electron chi connectivity index (χ1n) is 8.74. The van der Waals surface area contributed by atoms with Crippen molar-refractivity contribution in [1.29, 1.82) is 0 Å². The van der Waals surface area contributed by atoms with E-state index in [1.807, 2.05) is 13.5 Å². The van der Waals surface area contributed by atoms with E-state index in [1.165, 1.54) is 59.8 Å². The Morgan fingerprint density at radius 3 is 2.77 bits per heavy atom. The van der Waals surface area contributed by atoms with Crippen LogP contribution in [0.1, 0.15) is 61.8 Å². The normalized spacial score (nSPS) is 20.9. The maximum Gasteiger partial charge on any atom is 0.242 e. The summed E-state index contributed by atoms with van der Waals surface area (Å²) in [6.45, 7) is 8.64. The number of allylic oxidation sites excluding steroid dienone is 1. The molecule has 1 saturated carbocycles. The molecule has 2 aliphatic carbocycles. The molecule has 0 aromatic heterocycles. The first-order valence-corrected chi connectivity index (χ1v) is 8.74. The lowest BCUT2D eigenvalue weighted by molar-refractivity contribution is 0.628. The lowest BCUT2D eigenvalue weighted by atomic mass is 9.74. The van der Waals surface area contributed by atoms with Crippen LogP contribution in [0.4, 0.5) is 0 Å². The molecule has 2 heteroatoms. The summed E-state index contributed by atoms with van der Waals surface area (Å²) in [5, 5.41) is 0. The Morgan fingerprint density at radius 2 is 2.18 bits per heavy atom. The van der Waals surface area contributed by atoms with E-state index >= 15 is 0 Å². The van der Waals surface area contributed by atoms with E-state index in [2.05, 4.69) is 32.6 Å². The second kappa shape index (κ2) is 6.46. The van der Waals surface area contributed by atoms with Gasteiger partial charge in [-0.05, 0) is 66.2 Å².